The first kappa shape index (κ1) is 21.7. The number of hydrogen-bond donors (Lipinski definition) is 1. The Morgan fingerprint density at radius 2 is 1.94 bits per heavy atom. The predicted octanol–water partition coefficient (Wildman–Crippen LogP) is 5.13. The molecular weight excluding hydrogens is 452 g/mol. The molecule has 3 aromatic heterocycles. The molecule has 0 radical (unpaired) electrons. The molecule has 0 saturated carbocycles. The van der Waals surface area contributed by atoms with Crippen LogP contribution in [0.3, 0.4) is 0 Å². The molecule has 0 aliphatic carbocycles. The van der Waals surface area contributed by atoms with Crippen LogP contribution in [0.4, 0.5) is 11.5 Å². The number of anilines is 2. The monoisotopic (exact) mass is 472 g/mol. The summed E-state index contributed by atoms with van der Waals surface area (Å²) < 4.78 is 11.9. The third kappa shape index (κ3) is 4.62. The van der Waals surface area contributed by atoms with Gasteiger partial charge in [-0.2, -0.15) is 0 Å². The summed E-state index contributed by atoms with van der Waals surface area (Å²) in [5.74, 6) is 2.59. The molecule has 8 nitrogen and oxygen atoms in total. The van der Waals surface area contributed by atoms with E-state index in [0.29, 0.717) is 29.7 Å². The standard InChI is InChI=1S/C25H21ClN6O2/c1-32(18-3-6-24(21(26)11-18)33-14-17-12-28-8-9-29-17)13-19-4-7-23(34-19)16-2-5-22-20(10-16)25(27)31-15-30-22/h2-12,15H,13-14H2,1H3,(H2,27,30,31). The molecule has 2 aromatic carbocycles. The first-order chi connectivity index (χ1) is 16.6. The van der Waals surface area contributed by atoms with E-state index in [2.05, 4.69) is 19.9 Å². The minimum atomic E-state index is 0.296. The summed E-state index contributed by atoms with van der Waals surface area (Å²) in [6, 6.07) is 15.4. The van der Waals surface area contributed by atoms with E-state index in [1.165, 1.54) is 6.33 Å². The fourth-order valence-corrected chi connectivity index (χ4v) is 3.80. The lowest BCUT2D eigenvalue weighted by atomic mass is 10.1. The normalized spacial score (nSPS) is 11.0. The largest absolute Gasteiger partial charge is 0.486 e. The first-order valence-corrected chi connectivity index (χ1v) is 10.9. The number of ether oxygens (including phenoxy) is 1. The van der Waals surface area contributed by atoms with Crippen molar-refractivity contribution in [1.82, 2.24) is 19.9 Å². The van der Waals surface area contributed by atoms with Gasteiger partial charge in [0.25, 0.3) is 0 Å². The number of benzene rings is 2. The maximum Gasteiger partial charge on any atom is 0.138 e. The number of furan rings is 1. The molecule has 3 heterocycles. The Morgan fingerprint density at radius 3 is 2.76 bits per heavy atom. The minimum Gasteiger partial charge on any atom is -0.486 e. The molecule has 0 aliphatic heterocycles. The quantitative estimate of drug-likeness (QED) is 0.347. The van der Waals surface area contributed by atoms with Gasteiger partial charge in [-0.1, -0.05) is 11.6 Å². The highest BCUT2D eigenvalue weighted by Crippen LogP contribution is 2.31. The third-order valence-corrected chi connectivity index (χ3v) is 5.65. The Kier molecular flexibility index (Phi) is 5.97. The lowest BCUT2D eigenvalue weighted by Crippen LogP contribution is -2.15. The van der Waals surface area contributed by atoms with Crippen LogP contribution in [0.2, 0.25) is 5.02 Å². The number of fused-ring (bicyclic) bond motifs is 1. The highest BCUT2D eigenvalue weighted by atomic mass is 35.5. The number of nitrogens with two attached hydrogens (primary N) is 1. The molecule has 170 valence electrons. The maximum absolute atomic E-state index is 6.46. The molecule has 0 amide bonds. The van der Waals surface area contributed by atoms with Crippen molar-refractivity contribution in [2.75, 3.05) is 17.7 Å². The Balaban J connectivity index is 1.27. The van der Waals surface area contributed by atoms with Crippen molar-refractivity contribution in [3.63, 3.8) is 0 Å². The molecule has 0 spiro atoms. The third-order valence-electron chi connectivity index (χ3n) is 5.35. The lowest BCUT2D eigenvalue weighted by molar-refractivity contribution is 0.301. The molecule has 0 aliphatic rings. The van der Waals surface area contributed by atoms with Crippen LogP contribution in [-0.4, -0.2) is 27.0 Å². The van der Waals surface area contributed by atoms with Crippen LogP contribution in [0.1, 0.15) is 11.5 Å². The summed E-state index contributed by atoms with van der Waals surface area (Å²) in [6.45, 7) is 0.861. The first-order valence-electron chi connectivity index (χ1n) is 10.5. The Bertz CT molecular complexity index is 1440. The molecule has 2 N–H and O–H groups in total. The van der Waals surface area contributed by atoms with E-state index >= 15 is 0 Å². The average molecular weight is 473 g/mol. The van der Waals surface area contributed by atoms with Gasteiger partial charge in [0.05, 0.1) is 29.0 Å². The lowest BCUT2D eigenvalue weighted by Gasteiger charge is -2.19. The summed E-state index contributed by atoms with van der Waals surface area (Å²) in [7, 11) is 1.97. The van der Waals surface area contributed by atoms with Gasteiger partial charge in [0.15, 0.2) is 0 Å². The minimum absolute atomic E-state index is 0.296. The highest BCUT2D eigenvalue weighted by Gasteiger charge is 2.12. The second-order valence-corrected chi connectivity index (χ2v) is 8.12. The van der Waals surface area contributed by atoms with Crippen molar-refractivity contribution < 1.29 is 9.15 Å². The van der Waals surface area contributed by atoms with Crippen molar-refractivity contribution in [2.45, 2.75) is 13.2 Å². The van der Waals surface area contributed by atoms with Crippen molar-refractivity contribution in [3.05, 3.63) is 89.9 Å². The SMILES string of the molecule is CN(Cc1ccc(-c2ccc3ncnc(N)c3c2)o1)c1ccc(OCc2cnccn2)c(Cl)c1. The molecule has 0 unspecified atom stereocenters. The van der Waals surface area contributed by atoms with Gasteiger partial charge in [-0.3, -0.25) is 9.97 Å². The van der Waals surface area contributed by atoms with Gasteiger partial charge in [-0.05, 0) is 48.5 Å². The number of hydrogen-bond acceptors (Lipinski definition) is 8. The zero-order valence-electron chi connectivity index (χ0n) is 18.4. The van der Waals surface area contributed by atoms with Crippen LogP contribution in [0, 0.1) is 0 Å². The number of nitrogen functional groups attached to an aromatic ring is 1. The number of nitrogens with zero attached hydrogens (tertiary/aromatic N) is 5. The predicted molar refractivity (Wildman–Crippen MR) is 132 cm³/mol. The molecule has 0 bridgehead atoms. The van der Waals surface area contributed by atoms with Gasteiger partial charge in [-0.25, -0.2) is 9.97 Å². The second kappa shape index (κ2) is 9.36. The van der Waals surface area contributed by atoms with Crippen molar-refractivity contribution in [1.29, 1.82) is 0 Å². The zero-order chi connectivity index (χ0) is 23.5. The van der Waals surface area contributed by atoms with Gasteiger partial charge < -0.3 is 19.8 Å². The summed E-state index contributed by atoms with van der Waals surface area (Å²) in [6.07, 6.45) is 6.37. The van der Waals surface area contributed by atoms with Gasteiger partial charge in [0, 0.05) is 36.1 Å². The fraction of sp³-hybridized carbons (Fsp3) is 0.120. The van der Waals surface area contributed by atoms with Crippen LogP contribution in [-0.2, 0) is 13.2 Å². The summed E-state index contributed by atoms with van der Waals surface area (Å²) in [5.41, 5.74) is 9.37. The van der Waals surface area contributed by atoms with Crippen molar-refractivity contribution in [2.24, 2.45) is 0 Å². The van der Waals surface area contributed by atoms with Crippen LogP contribution >= 0.6 is 11.6 Å². The molecule has 5 rings (SSSR count). The van der Waals surface area contributed by atoms with E-state index in [4.69, 9.17) is 26.5 Å². The van der Waals surface area contributed by atoms with Crippen LogP contribution in [0.5, 0.6) is 5.75 Å². The molecule has 0 atom stereocenters. The summed E-state index contributed by atoms with van der Waals surface area (Å²) in [4.78, 5) is 18.6. The maximum atomic E-state index is 6.46. The van der Waals surface area contributed by atoms with Crippen LogP contribution < -0.4 is 15.4 Å². The van der Waals surface area contributed by atoms with Crippen LogP contribution in [0.15, 0.2) is 77.9 Å². The van der Waals surface area contributed by atoms with E-state index in [0.717, 1.165) is 39.4 Å². The molecular formula is C25H21ClN6O2. The smallest absolute Gasteiger partial charge is 0.138 e. The van der Waals surface area contributed by atoms with E-state index in [1.54, 1.807) is 18.6 Å². The number of halogens is 1. The molecule has 9 heteroatoms. The number of aromatic nitrogens is 4. The highest BCUT2D eigenvalue weighted by molar-refractivity contribution is 6.32. The van der Waals surface area contributed by atoms with Crippen molar-refractivity contribution >= 4 is 34.0 Å². The van der Waals surface area contributed by atoms with Gasteiger partial charge in [-0.15, -0.1) is 0 Å². The van der Waals surface area contributed by atoms with E-state index in [-0.39, 0.29) is 0 Å². The molecule has 5 aromatic rings. The topological polar surface area (TPSA) is 103 Å². The van der Waals surface area contributed by atoms with Gasteiger partial charge in [0.1, 0.15) is 36.0 Å². The molecule has 0 saturated heterocycles. The Morgan fingerprint density at radius 1 is 1.03 bits per heavy atom. The van der Waals surface area contributed by atoms with E-state index < -0.39 is 0 Å². The summed E-state index contributed by atoms with van der Waals surface area (Å²) >= 11 is 6.46. The van der Waals surface area contributed by atoms with Gasteiger partial charge >= 0.3 is 0 Å². The Hall–Kier alpha value is -4.17. The molecule has 0 fully saturated rings. The second-order valence-electron chi connectivity index (χ2n) is 7.71. The summed E-state index contributed by atoms with van der Waals surface area (Å²) in [5, 5.41) is 1.32. The Labute approximate surface area is 201 Å². The fourth-order valence-electron chi connectivity index (χ4n) is 3.57. The molecule has 34 heavy (non-hydrogen) atoms. The van der Waals surface area contributed by atoms with Crippen LogP contribution in [0.25, 0.3) is 22.2 Å². The van der Waals surface area contributed by atoms with Gasteiger partial charge in [0.2, 0.25) is 0 Å². The average Bonchev–Trinajstić information content (AvgIpc) is 3.32. The van der Waals surface area contributed by atoms with E-state index in [1.807, 2.05) is 60.5 Å². The number of rotatable bonds is 7. The van der Waals surface area contributed by atoms with E-state index in [9.17, 15) is 0 Å². The zero-order valence-corrected chi connectivity index (χ0v) is 19.1. The van der Waals surface area contributed by atoms with Crippen molar-refractivity contribution in [3.8, 4) is 17.1 Å².